The van der Waals surface area contributed by atoms with Gasteiger partial charge in [-0.2, -0.15) is 0 Å². The summed E-state index contributed by atoms with van der Waals surface area (Å²) in [5.74, 6) is 1.95. The van der Waals surface area contributed by atoms with Gasteiger partial charge in [-0.15, -0.1) is 22.7 Å². The van der Waals surface area contributed by atoms with Gasteiger partial charge < -0.3 is 0 Å². The summed E-state index contributed by atoms with van der Waals surface area (Å²) in [7, 11) is 0. The van der Waals surface area contributed by atoms with E-state index in [9.17, 15) is 0 Å². The summed E-state index contributed by atoms with van der Waals surface area (Å²) in [6.45, 7) is 0. The van der Waals surface area contributed by atoms with Crippen LogP contribution in [0.4, 0.5) is 0 Å². The van der Waals surface area contributed by atoms with Crippen LogP contribution >= 0.6 is 22.7 Å². The van der Waals surface area contributed by atoms with Crippen molar-refractivity contribution in [3.05, 3.63) is 146 Å². The van der Waals surface area contributed by atoms with E-state index in [1.807, 2.05) is 42.5 Å². The number of hydrogen-bond donors (Lipinski definition) is 0. The SMILES string of the molecule is c1ccc(-c2cccc(-c3nc(-c4ccccc4)nc(-c4cccc5sc6ccc(-c7nc8ccccc8s7)cc6c45)n3)c2)cc1. The van der Waals surface area contributed by atoms with Gasteiger partial charge in [0, 0.05) is 42.4 Å². The Kier molecular flexibility index (Phi) is 6.47. The Morgan fingerprint density at radius 1 is 0.370 bits per heavy atom. The van der Waals surface area contributed by atoms with Crippen molar-refractivity contribution in [2.45, 2.75) is 0 Å². The van der Waals surface area contributed by atoms with Crippen molar-refractivity contribution in [1.29, 1.82) is 0 Å². The van der Waals surface area contributed by atoms with Gasteiger partial charge in [0.2, 0.25) is 0 Å². The summed E-state index contributed by atoms with van der Waals surface area (Å²) in [6.07, 6.45) is 0. The molecule has 0 radical (unpaired) electrons. The number of thiophene rings is 1. The molecule has 0 spiro atoms. The fourth-order valence-electron chi connectivity index (χ4n) is 5.95. The molecule has 6 aromatic carbocycles. The summed E-state index contributed by atoms with van der Waals surface area (Å²) in [5, 5.41) is 3.35. The van der Waals surface area contributed by atoms with Crippen molar-refractivity contribution in [1.82, 2.24) is 19.9 Å². The van der Waals surface area contributed by atoms with Gasteiger partial charge in [0.1, 0.15) is 5.01 Å². The molecule has 0 saturated heterocycles. The van der Waals surface area contributed by atoms with E-state index in [1.165, 1.54) is 19.5 Å². The molecule has 0 fully saturated rings. The third kappa shape index (κ3) is 4.76. The smallest absolute Gasteiger partial charge is 0.164 e. The quantitative estimate of drug-likeness (QED) is 0.191. The predicted molar refractivity (Wildman–Crippen MR) is 193 cm³/mol. The van der Waals surface area contributed by atoms with Crippen molar-refractivity contribution in [3.8, 4) is 55.9 Å². The van der Waals surface area contributed by atoms with Crippen LogP contribution in [0, 0.1) is 0 Å². The lowest BCUT2D eigenvalue weighted by Gasteiger charge is -2.10. The molecule has 0 aliphatic carbocycles. The standard InChI is InChI=1S/C40H24N4S2/c1-3-11-25(12-4-1)27-15-9-16-28(23-27)38-42-37(26-13-5-2-6-14-26)43-39(44-38)30-17-10-20-35-36(30)31-24-29(21-22-33(31)45-35)40-41-32-18-7-8-19-34(32)46-40/h1-24H. The van der Waals surface area contributed by atoms with E-state index >= 15 is 0 Å². The Bertz CT molecular complexity index is 2500. The molecule has 0 amide bonds. The highest BCUT2D eigenvalue weighted by atomic mass is 32.1. The Hall–Kier alpha value is -5.56. The van der Waals surface area contributed by atoms with Gasteiger partial charge in [-0.25, -0.2) is 19.9 Å². The minimum atomic E-state index is 0.647. The number of rotatable bonds is 5. The third-order valence-corrected chi connectivity index (χ3v) is 10.4. The lowest BCUT2D eigenvalue weighted by Crippen LogP contribution is -2.00. The van der Waals surface area contributed by atoms with Crippen LogP contribution < -0.4 is 0 Å². The minimum absolute atomic E-state index is 0.647. The summed E-state index contributed by atoms with van der Waals surface area (Å²) >= 11 is 3.52. The zero-order chi connectivity index (χ0) is 30.5. The van der Waals surface area contributed by atoms with Crippen molar-refractivity contribution >= 4 is 53.1 Å². The molecule has 3 aromatic heterocycles. The van der Waals surface area contributed by atoms with Crippen LogP contribution in [-0.2, 0) is 0 Å². The average Bonchev–Trinajstić information content (AvgIpc) is 3.74. The van der Waals surface area contributed by atoms with E-state index in [0.717, 1.165) is 49.3 Å². The molecule has 0 aliphatic rings. The van der Waals surface area contributed by atoms with Crippen molar-refractivity contribution in [2.75, 3.05) is 0 Å². The summed E-state index contributed by atoms with van der Waals surface area (Å²) in [6, 6.07) is 50.4. The van der Waals surface area contributed by atoms with E-state index in [4.69, 9.17) is 19.9 Å². The van der Waals surface area contributed by atoms with Crippen LogP contribution in [0.2, 0.25) is 0 Å². The molecule has 0 N–H and O–H groups in total. The number of aromatic nitrogens is 4. The molecule has 0 aliphatic heterocycles. The second kappa shape index (κ2) is 11.1. The first-order valence-electron chi connectivity index (χ1n) is 15.1. The van der Waals surface area contributed by atoms with Crippen LogP contribution in [0.1, 0.15) is 0 Å². The van der Waals surface area contributed by atoms with Gasteiger partial charge in [0.25, 0.3) is 0 Å². The summed E-state index contributed by atoms with van der Waals surface area (Å²) < 4.78 is 3.61. The van der Waals surface area contributed by atoms with Gasteiger partial charge in [-0.05, 0) is 47.5 Å². The summed E-state index contributed by atoms with van der Waals surface area (Å²) in [4.78, 5) is 20.2. The second-order valence-corrected chi connectivity index (χ2v) is 13.2. The molecule has 9 rings (SSSR count). The normalized spacial score (nSPS) is 11.5. The first kappa shape index (κ1) is 26.8. The molecular formula is C40H24N4S2. The van der Waals surface area contributed by atoms with Crippen LogP contribution in [0.15, 0.2) is 146 Å². The zero-order valence-corrected chi connectivity index (χ0v) is 26.1. The second-order valence-electron chi connectivity index (χ2n) is 11.1. The molecule has 0 unspecified atom stereocenters. The predicted octanol–water partition coefficient (Wildman–Crippen LogP) is 11.2. The molecule has 46 heavy (non-hydrogen) atoms. The van der Waals surface area contributed by atoms with Crippen LogP contribution in [-0.4, -0.2) is 19.9 Å². The highest BCUT2D eigenvalue weighted by molar-refractivity contribution is 7.26. The molecule has 0 saturated carbocycles. The molecular weight excluding hydrogens is 601 g/mol. The van der Waals surface area contributed by atoms with E-state index in [1.54, 1.807) is 22.7 Å². The highest BCUT2D eigenvalue weighted by Crippen LogP contribution is 2.42. The van der Waals surface area contributed by atoms with Gasteiger partial charge in [0.05, 0.1) is 10.2 Å². The fourth-order valence-corrected chi connectivity index (χ4v) is 8.03. The average molecular weight is 625 g/mol. The molecule has 0 atom stereocenters. The Labute approximate surface area is 273 Å². The lowest BCUT2D eigenvalue weighted by atomic mass is 10.0. The van der Waals surface area contributed by atoms with E-state index in [2.05, 4.69) is 103 Å². The fraction of sp³-hybridized carbons (Fsp3) is 0. The zero-order valence-electron chi connectivity index (χ0n) is 24.5. The van der Waals surface area contributed by atoms with Crippen LogP contribution in [0.3, 0.4) is 0 Å². The number of para-hydroxylation sites is 1. The van der Waals surface area contributed by atoms with Gasteiger partial charge in [-0.3, -0.25) is 0 Å². The van der Waals surface area contributed by atoms with Crippen LogP contribution in [0.25, 0.3) is 86.3 Å². The first-order valence-corrected chi connectivity index (χ1v) is 16.7. The van der Waals surface area contributed by atoms with Gasteiger partial charge in [-0.1, -0.05) is 109 Å². The molecule has 0 bridgehead atoms. The Morgan fingerprint density at radius 2 is 1.02 bits per heavy atom. The first-order chi connectivity index (χ1) is 22.8. The number of hydrogen-bond acceptors (Lipinski definition) is 6. The molecule has 9 aromatic rings. The topological polar surface area (TPSA) is 51.6 Å². The molecule has 6 heteroatoms. The van der Waals surface area contributed by atoms with Gasteiger partial charge >= 0.3 is 0 Å². The highest BCUT2D eigenvalue weighted by Gasteiger charge is 2.18. The van der Waals surface area contributed by atoms with Gasteiger partial charge in [0.15, 0.2) is 17.5 Å². The lowest BCUT2D eigenvalue weighted by molar-refractivity contribution is 1.08. The maximum absolute atomic E-state index is 5.15. The maximum Gasteiger partial charge on any atom is 0.164 e. The monoisotopic (exact) mass is 624 g/mol. The number of nitrogens with zero attached hydrogens (tertiary/aromatic N) is 4. The van der Waals surface area contributed by atoms with E-state index in [0.29, 0.717) is 17.5 Å². The Morgan fingerprint density at radius 3 is 1.85 bits per heavy atom. The molecule has 3 heterocycles. The van der Waals surface area contributed by atoms with E-state index in [-0.39, 0.29) is 0 Å². The van der Waals surface area contributed by atoms with Crippen molar-refractivity contribution in [3.63, 3.8) is 0 Å². The third-order valence-electron chi connectivity index (χ3n) is 8.17. The van der Waals surface area contributed by atoms with E-state index < -0.39 is 0 Å². The largest absolute Gasteiger partial charge is 0.236 e. The number of fused-ring (bicyclic) bond motifs is 4. The van der Waals surface area contributed by atoms with Crippen LogP contribution in [0.5, 0.6) is 0 Å². The summed E-state index contributed by atoms with van der Waals surface area (Å²) in [5.41, 5.74) is 7.30. The maximum atomic E-state index is 5.15. The van der Waals surface area contributed by atoms with Crippen molar-refractivity contribution < 1.29 is 0 Å². The number of benzene rings is 6. The minimum Gasteiger partial charge on any atom is -0.236 e. The van der Waals surface area contributed by atoms with Crippen molar-refractivity contribution in [2.24, 2.45) is 0 Å². The molecule has 216 valence electrons. The molecule has 4 nitrogen and oxygen atoms in total. The Balaban J connectivity index is 1.25. The number of thiazole rings is 1.